The van der Waals surface area contributed by atoms with Gasteiger partial charge in [0, 0.05) is 19.2 Å². The van der Waals surface area contributed by atoms with Gasteiger partial charge in [-0.15, -0.1) is 0 Å². The Balaban J connectivity index is 0.000000186. The molecule has 0 saturated carbocycles. The molecule has 518 valence electrons. The lowest BCUT2D eigenvalue weighted by atomic mass is 9.93. The second kappa shape index (κ2) is 39.2. The number of hydrogen-bond acceptors (Lipinski definition) is 15. The molecule has 0 fully saturated rings. The molecule has 0 saturated heterocycles. The third-order valence-corrected chi connectivity index (χ3v) is 16.2. The number of methoxy groups -OCH3 is 7. The molecule has 1 aliphatic heterocycles. The molecule has 0 aliphatic carbocycles. The Labute approximate surface area is 587 Å². The highest BCUT2D eigenvalue weighted by Crippen LogP contribution is 2.42. The number of rotatable bonds is 31. The zero-order valence-corrected chi connectivity index (χ0v) is 57.9. The topological polar surface area (TPSA) is 178 Å². The van der Waals surface area contributed by atoms with E-state index >= 15 is 0 Å². The largest absolute Gasteiger partial charge is 0.493 e. The highest BCUT2D eigenvalue weighted by molar-refractivity contribution is 5.92. The van der Waals surface area contributed by atoms with E-state index in [0.717, 1.165) is 92.5 Å². The number of carbonyl (C=O) groups excluding carboxylic acids is 1. The normalized spacial score (nSPS) is 12.1. The minimum Gasteiger partial charge on any atom is -0.493 e. The molecule has 100 heavy (non-hydrogen) atoms. The molecule has 1 unspecified atom stereocenters. The first-order valence-corrected chi connectivity index (χ1v) is 33.1. The van der Waals surface area contributed by atoms with Gasteiger partial charge in [-0.3, -0.25) is 4.79 Å². The van der Waals surface area contributed by atoms with Crippen molar-refractivity contribution in [1.29, 1.82) is 0 Å². The molecule has 11 rings (SSSR count). The monoisotopic (exact) mass is 1350 g/mol. The summed E-state index contributed by atoms with van der Waals surface area (Å²) < 4.78 is 69.0. The number of nitrogens with two attached hydrogens (primary N) is 1. The number of ether oxygens (including phenoxy) is 12. The van der Waals surface area contributed by atoms with Crippen molar-refractivity contribution in [3.8, 4) is 69.0 Å². The van der Waals surface area contributed by atoms with Crippen LogP contribution in [0.3, 0.4) is 0 Å². The predicted octanol–water partition coefficient (Wildman–Crippen LogP) is 15.8. The molecular weight excluding hydrogens is 1260 g/mol. The van der Waals surface area contributed by atoms with E-state index in [9.17, 15) is 4.79 Å². The van der Waals surface area contributed by atoms with Gasteiger partial charge in [-0.1, -0.05) is 176 Å². The van der Waals surface area contributed by atoms with E-state index in [-0.39, 0.29) is 11.9 Å². The summed E-state index contributed by atoms with van der Waals surface area (Å²) in [6.07, 6.45) is 9.82. The Bertz CT molecular complexity index is 4150. The maximum Gasteiger partial charge on any atom is 0.244 e. The van der Waals surface area contributed by atoms with E-state index in [0.29, 0.717) is 98.5 Å². The smallest absolute Gasteiger partial charge is 0.244 e. The van der Waals surface area contributed by atoms with E-state index in [4.69, 9.17) is 62.6 Å². The molecule has 1 atom stereocenters. The van der Waals surface area contributed by atoms with Crippen LogP contribution in [0, 0.1) is 0 Å². The molecule has 0 spiro atoms. The van der Waals surface area contributed by atoms with E-state index in [1.54, 1.807) is 68.0 Å². The lowest BCUT2D eigenvalue weighted by Crippen LogP contribution is -2.28. The lowest BCUT2D eigenvalue weighted by Gasteiger charge is -2.26. The number of hydrogen-bond donors (Lipinski definition) is 3. The Kier molecular flexibility index (Phi) is 28.6. The molecule has 16 heteroatoms. The quantitative estimate of drug-likeness (QED) is 0.0349. The average Bonchev–Trinajstić information content (AvgIpc) is 0.810. The third kappa shape index (κ3) is 21.8. The van der Waals surface area contributed by atoms with E-state index in [2.05, 4.69) is 47.1 Å². The molecule has 10 aromatic carbocycles. The van der Waals surface area contributed by atoms with Gasteiger partial charge in [0.1, 0.15) is 33.0 Å². The van der Waals surface area contributed by atoms with E-state index < -0.39 is 0 Å². The van der Waals surface area contributed by atoms with Gasteiger partial charge < -0.3 is 73.2 Å². The summed E-state index contributed by atoms with van der Waals surface area (Å²) in [5, 5.41) is 6.54. The fourth-order valence-electron chi connectivity index (χ4n) is 10.9. The molecule has 16 nitrogen and oxygen atoms in total. The van der Waals surface area contributed by atoms with Gasteiger partial charge in [0.2, 0.25) is 17.4 Å². The Morgan fingerprint density at radius 3 is 1.16 bits per heavy atom. The molecule has 1 heterocycles. The fraction of sp³-hybridized carbons (Fsp3) is 0.226. The van der Waals surface area contributed by atoms with E-state index in [1.165, 1.54) is 17.2 Å². The van der Waals surface area contributed by atoms with Crippen LogP contribution in [-0.2, 0) is 57.1 Å². The van der Waals surface area contributed by atoms with Crippen LogP contribution < -0.4 is 73.2 Å². The highest BCUT2D eigenvalue weighted by Gasteiger charge is 2.23. The van der Waals surface area contributed by atoms with Crippen molar-refractivity contribution in [3.63, 3.8) is 0 Å². The summed E-state index contributed by atoms with van der Waals surface area (Å²) in [6, 6.07) is 73.5. The predicted molar refractivity (Wildman–Crippen MR) is 394 cm³/mol. The van der Waals surface area contributed by atoms with Crippen molar-refractivity contribution in [2.24, 2.45) is 5.73 Å². The number of carbonyl (C=O) groups is 1. The minimum atomic E-state index is -0.207. The maximum absolute atomic E-state index is 12.5. The molecule has 0 radical (unpaired) electrons. The molecule has 1 amide bonds. The molecule has 4 N–H and O–H groups in total. The van der Waals surface area contributed by atoms with Gasteiger partial charge >= 0.3 is 0 Å². The first-order chi connectivity index (χ1) is 49.1. The highest BCUT2D eigenvalue weighted by atomic mass is 16.5. The SMILES string of the molecule is COc1cc2c(cc1OCc1ccccc1)CCNC2/C=C/c1cc(OC)c(OCc2ccccc2)c(OC)c1.COc1ccc(CCN)cc1OCc1ccccc1.COc1ccc(CCNC(=O)/C=C/c2cc(OC)c(OCc3ccccc3)c(OC)c2)cc1OCc1ccccc1. The summed E-state index contributed by atoms with van der Waals surface area (Å²) in [5.74, 6) is 7.48. The van der Waals surface area contributed by atoms with E-state index in [1.807, 2.05) is 188 Å². The fourth-order valence-corrected chi connectivity index (χ4v) is 10.9. The van der Waals surface area contributed by atoms with Gasteiger partial charge in [0.05, 0.1) is 55.8 Å². The van der Waals surface area contributed by atoms with Crippen molar-refractivity contribution >= 4 is 18.1 Å². The second-order valence-corrected chi connectivity index (χ2v) is 23.0. The first-order valence-electron chi connectivity index (χ1n) is 33.1. The van der Waals surface area contributed by atoms with Crippen LogP contribution in [0.5, 0.6) is 69.0 Å². The van der Waals surface area contributed by atoms with Crippen LogP contribution in [0.15, 0.2) is 237 Å². The minimum absolute atomic E-state index is 0.0202. The summed E-state index contributed by atoms with van der Waals surface area (Å²) >= 11 is 0. The van der Waals surface area contributed by atoms with Gasteiger partial charge in [-0.25, -0.2) is 0 Å². The molecule has 1 aliphatic rings. The van der Waals surface area contributed by atoms with Gasteiger partial charge in [0.25, 0.3) is 0 Å². The second-order valence-electron chi connectivity index (χ2n) is 23.0. The standard InChI is InChI=1S/C34H35NO6.C34H35NO5.C16H19NO2/c1-37-29-16-14-25(20-30(29)40-23-26-10-6-4-7-11-26)18-19-35-33(36)17-15-28-21-31(38-2)34(32(22-28)39-3)41-24-27-12-8-5-9-13-27;1-36-30-21-28-27(20-31(30)39-22-24-10-6-4-7-11-24)16-17-35-29(28)15-14-26-18-32(37-2)34(33(19-26)38-3)40-23-25-12-8-5-9-13-25;1-18-15-8-7-13(9-10-17)11-16(15)19-12-14-5-3-2-4-6-14/h4-17,20-22H,18-19,23-24H2,1-3H3,(H,35,36);4-15,18-21,29,35H,16-17,22-23H2,1-3H3;2-8,11H,9-10,12,17H2,1H3/b17-15+;15-14+;. The zero-order chi connectivity index (χ0) is 70.1. The van der Waals surface area contributed by atoms with Crippen molar-refractivity contribution < 1.29 is 61.6 Å². The van der Waals surface area contributed by atoms with Crippen LogP contribution >= 0.6 is 0 Å². The summed E-state index contributed by atoms with van der Waals surface area (Å²) in [7, 11) is 11.4. The summed E-state index contributed by atoms with van der Waals surface area (Å²) in [5.41, 5.74) is 17.3. The van der Waals surface area contributed by atoms with Gasteiger partial charge in [0.15, 0.2) is 57.5 Å². The number of amides is 1. The molecular formula is C84H89N3O13. The van der Waals surface area contributed by atoms with Crippen molar-refractivity contribution in [1.82, 2.24) is 10.6 Å². The van der Waals surface area contributed by atoms with Crippen molar-refractivity contribution in [3.05, 3.63) is 298 Å². The Morgan fingerprint density at radius 1 is 0.400 bits per heavy atom. The number of benzene rings is 10. The molecule has 10 aromatic rings. The Morgan fingerprint density at radius 2 is 0.770 bits per heavy atom. The first kappa shape index (κ1) is 72.9. The lowest BCUT2D eigenvalue weighted by molar-refractivity contribution is -0.116. The van der Waals surface area contributed by atoms with Crippen LogP contribution in [0.4, 0.5) is 0 Å². The van der Waals surface area contributed by atoms with Crippen LogP contribution in [0.25, 0.3) is 12.2 Å². The van der Waals surface area contributed by atoms with Gasteiger partial charge in [-0.05, 0) is 154 Å². The van der Waals surface area contributed by atoms with Crippen LogP contribution in [0.1, 0.15) is 67.2 Å². The summed E-state index contributed by atoms with van der Waals surface area (Å²) in [6.45, 7) is 4.22. The van der Waals surface area contributed by atoms with Crippen molar-refractivity contribution in [2.75, 3.05) is 69.4 Å². The van der Waals surface area contributed by atoms with Gasteiger partial charge in [-0.2, -0.15) is 0 Å². The summed E-state index contributed by atoms with van der Waals surface area (Å²) in [4.78, 5) is 12.5. The number of nitrogens with one attached hydrogen (secondary N) is 2. The zero-order valence-electron chi connectivity index (χ0n) is 57.9. The third-order valence-electron chi connectivity index (χ3n) is 16.2. The number of fused-ring (bicyclic) bond motifs is 1. The van der Waals surface area contributed by atoms with Crippen LogP contribution in [0.2, 0.25) is 0 Å². The molecule has 0 aromatic heterocycles. The Hall–Kier alpha value is -11.3. The van der Waals surface area contributed by atoms with Crippen LogP contribution in [-0.4, -0.2) is 75.3 Å². The maximum atomic E-state index is 12.5. The average molecular weight is 1350 g/mol. The molecule has 0 bridgehead atoms. The van der Waals surface area contributed by atoms with Crippen molar-refractivity contribution in [2.45, 2.75) is 58.3 Å².